The second-order valence-electron chi connectivity index (χ2n) is 3.30. The van der Waals surface area contributed by atoms with Gasteiger partial charge in [0.1, 0.15) is 0 Å². The molecule has 0 aliphatic heterocycles. The minimum absolute atomic E-state index is 0.722. The molecule has 0 atom stereocenters. The third-order valence-corrected chi connectivity index (χ3v) is 2.42. The van der Waals surface area contributed by atoms with Crippen molar-refractivity contribution >= 4 is 0 Å². The summed E-state index contributed by atoms with van der Waals surface area (Å²) in [5.41, 5.74) is 5.50. The van der Waals surface area contributed by atoms with Crippen molar-refractivity contribution in [3.63, 3.8) is 0 Å². The molecule has 10 heavy (non-hydrogen) atoms. The number of hydrogen-bond donors (Lipinski definition) is 1. The molecule has 1 radical (unpaired) electrons. The maximum absolute atomic E-state index is 5.50. The van der Waals surface area contributed by atoms with E-state index in [-0.39, 0.29) is 0 Å². The lowest BCUT2D eigenvalue weighted by Crippen LogP contribution is -2.09. The summed E-state index contributed by atoms with van der Waals surface area (Å²) in [4.78, 5) is 0. The summed E-state index contributed by atoms with van der Waals surface area (Å²) < 4.78 is 0. The Kier molecular flexibility index (Phi) is 3.81. The molecule has 1 aliphatic rings. The van der Waals surface area contributed by atoms with Crippen LogP contribution in [-0.2, 0) is 0 Å². The first-order chi connectivity index (χ1) is 4.93. The fourth-order valence-corrected chi connectivity index (χ4v) is 1.68. The highest BCUT2D eigenvalue weighted by Crippen LogP contribution is 2.22. The van der Waals surface area contributed by atoms with E-state index in [9.17, 15) is 0 Å². The average molecular weight is 140 g/mol. The normalized spacial score (nSPS) is 23.7. The van der Waals surface area contributed by atoms with Gasteiger partial charge in [0.05, 0.1) is 0 Å². The van der Waals surface area contributed by atoms with E-state index < -0.39 is 0 Å². The highest BCUT2D eigenvalue weighted by Gasteiger charge is 2.08. The van der Waals surface area contributed by atoms with E-state index in [1.165, 1.54) is 44.9 Å². The first kappa shape index (κ1) is 8.06. The number of hydrogen-bond acceptors (Lipinski definition) is 1. The Morgan fingerprint density at radius 2 is 1.40 bits per heavy atom. The summed E-state index contributed by atoms with van der Waals surface area (Å²) in [6.07, 6.45) is 9.72. The molecule has 1 saturated carbocycles. The predicted octanol–water partition coefficient (Wildman–Crippen LogP) is 2.47. The minimum Gasteiger partial charge on any atom is -0.326 e. The van der Waals surface area contributed by atoms with Crippen LogP contribution in [0.2, 0.25) is 0 Å². The molecule has 0 aromatic carbocycles. The fraction of sp³-hybridized carbons (Fsp3) is 0.889. The van der Waals surface area contributed by atoms with Crippen molar-refractivity contribution in [2.24, 2.45) is 11.7 Å². The van der Waals surface area contributed by atoms with Crippen molar-refractivity contribution in [1.29, 1.82) is 0 Å². The molecular formula is C9H18N. The van der Waals surface area contributed by atoms with E-state index in [1.807, 2.05) is 6.54 Å². The van der Waals surface area contributed by atoms with Crippen LogP contribution in [0, 0.1) is 12.5 Å². The van der Waals surface area contributed by atoms with Crippen LogP contribution in [-0.4, -0.2) is 0 Å². The molecule has 0 spiro atoms. The summed E-state index contributed by atoms with van der Waals surface area (Å²) in [6, 6.07) is 0. The van der Waals surface area contributed by atoms with Gasteiger partial charge in [-0.15, -0.1) is 0 Å². The van der Waals surface area contributed by atoms with Gasteiger partial charge in [-0.25, -0.2) is 0 Å². The SMILES string of the molecule is N[CH]C1CCCCCCC1. The molecule has 0 aromatic rings. The van der Waals surface area contributed by atoms with E-state index in [2.05, 4.69) is 0 Å². The van der Waals surface area contributed by atoms with Gasteiger partial charge in [-0.2, -0.15) is 0 Å². The van der Waals surface area contributed by atoms with Crippen molar-refractivity contribution in [2.45, 2.75) is 44.9 Å². The summed E-state index contributed by atoms with van der Waals surface area (Å²) in [6.45, 7) is 1.89. The van der Waals surface area contributed by atoms with Crippen molar-refractivity contribution in [3.05, 3.63) is 6.54 Å². The maximum atomic E-state index is 5.50. The summed E-state index contributed by atoms with van der Waals surface area (Å²) in [5, 5.41) is 0. The van der Waals surface area contributed by atoms with Gasteiger partial charge < -0.3 is 5.73 Å². The molecule has 1 heteroatoms. The molecule has 1 aliphatic carbocycles. The zero-order valence-electron chi connectivity index (χ0n) is 6.68. The van der Waals surface area contributed by atoms with Crippen LogP contribution in [0.1, 0.15) is 44.9 Å². The topological polar surface area (TPSA) is 26.0 Å². The average Bonchev–Trinajstić information content (AvgIpc) is 1.87. The van der Waals surface area contributed by atoms with Gasteiger partial charge in [0.15, 0.2) is 0 Å². The molecule has 0 aromatic heterocycles. The first-order valence-corrected chi connectivity index (χ1v) is 4.48. The molecule has 0 heterocycles. The monoisotopic (exact) mass is 140 g/mol. The summed E-state index contributed by atoms with van der Waals surface area (Å²) in [5.74, 6) is 0.722. The van der Waals surface area contributed by atoms with Crippen LogP contribution in [0.15, 0.2) is 0 Å². The van der Waals surface area contributed by atoms with Crippen LogP contribution in [0.4, 0.5) is 0 Å². The van der Waals surface area contributed by atoms with E-state index in [1.54, 1.807) is 0 Å². The number of nitrogens with two attached hydrogens (primary N) is 1. The van der Waals surface area contributed by atoms with Gasteiger partial charge >= 0.3 is 0 Å². The van der Waals surface area contributed by atoms with Crippen LogP contribution in [0.3, 0.4) is 0 Å². The summed E-state index contributed by atoms with van der Waals surface area (Å²) in [7, 11) is 0. The van der Waals surface area contributed by atoms with Gasteiger partial charge in [0, 0.05) is 6.54 Å². The Labute approximate surface area is 64.0 Å². The highest BCUT2D eigenvalue weighted by atomic mass is 14.5. The van der Waals surface area contributed by atoms with Crippen LogP contribution in [0.5, 0.6) is 0 Å². The molecule has 1 rings (SSSR count). The van der Waals surface area contributed by atoms with Gasteiger partial charge in [-0.05, 0) is 18.8 Å². The molecule has 59 valence electrons. The van der Waals surface area contributed by atoms with Gasteiger partial charge in [-0.3, -0.25) is 0 Å². The van der Waals surface area contributed by atoms with Crippen molar-refractivity contribution in [1.82, 2.24) is 0 Å². The quantitative estimate of drug-likeness (QED) is 0.595. The van der Waals surface area contributed by atoms with Crippen molar-refractivity contribution in [3.8, 4) is 0 Å². The lowest BCUT2D eigenvalue weighted by atomic mass is 9.91. The first-order valence-electron chi connectivity index (χ1n) is 4.48. The Morgan fingerprint density at radius 3 is 1.90 bits per heavy atom. The van der Waals surface area contributed by atoms with Gasteiger partial charge in [0.25, 0.3) is 0 Å². The number of rotatable bonds is 1. The second kappa shape index (κ2) is 4.73. The molecular weight excluding hydrogens is 122 g/mol. The Bertz CT molecular complexity index is 72.8. The highest BCUT2D eigenvalue weighted by molar-refractivity contribution is 4.71. The van der Waals surface area contributed by atoms with E-state index in [4.69, 9.17) is 5.73 Å². The van der Waals surface area contributed by atoms with Crippen molar-refractivity contribution in [2.75, 3.05) is 0 Å². The fourth-order valence-electron chi connectivity index (χ4n) is 1.68. The van der Waals surface area contributed by atoms with E-state index >= 15 is 0 Å². The molecule has 1 nitrogen and oxygen atoms in total. The van der Waals surface area contributed by atoms with Gasteiger partial charge in [-0.1, -0.05) is 32.1 Å². The molecule has 1 fully saturated rings. The maximum Gasteiger partial charge on any atom is 0.0223 e. The molecule has 0 amide bonds. The third kappa shape index (κ3) is 2.70. The van der Waals surface area contributed by atoms with Crippen LogP contribution in [0.25, 0.3) is 0 Å². The lowest BCUT2D eigenvalue weighted by Gasteiger charge is -2.16. The van der Waals surface area contributed by atoms with Crippen molar-refractivity contribution < 1.29 is 0 Å². The second-order valence-corrected chi connectivity index (χ2v) is 3.30. The zero-order valence-corrected chi connectivity index (χ0v) is 6.68. The zero-order chi connectivity index (χ0) is 7.23. The molecule has 0 bridgehead atoms. The largest absolute Gasteiger partial charge is 0.326 e. The third-order valence-electron chi connectivity index (χ3n) is 2.42. The summed E-state index contributed by atoms with van der Waals surface area (Å²) >= 11 is 0. The standard InChI is InChI=1S/C9H18N/c10-8-9-6-4-2-1-3-5-7-9/h8-9H,1-7,10H2. The Balaban J connectivity index is 2.16. The minimum atomic E-state index is 0.722. The Hall–Kier alpha value is -0.0400. The van der Waals surface area contributed by atoms with Crippen LogP contribution < -0.4 is 5.73 Å². The molecule has 0 saturated heterocycles. The predicted molar refractivity (Wildman–Crippen MR) is 44.3 cm³/mol. The van der Waals surface area contributed by atoms with E-state index in [0.717, 1.165) is 5.92 Å². The van der Waals surface area contributed by atoms with Crippen LogP contribution >= 0.6 is 0 Å². The smallest absolute Gasteiger partial charge is 0.0223 e. The molecule has 0 unspecified atom stereocenters. The lowest BCUT2D eigenvalue weighted by molar-refractivity contribution is 0.414. The van der Waals surface area contributed by atoms with E-state index in [0.29, 0.717) is 0 Å². The molecule has 2 N–H and O–H groups in total. The Morgan fingerprint density at radius 1 is 0.900 bits per heavy atom. The van der Waals surface area contributed by atoms with Gasteiger partial charge in [0.2, 0.25) is 0 Å².